The number of para-hydroxylation sites is 1. The number of methoxy groups -OCH3 is 1. The molecule has 6 rings (SSSR count). The maximum Gasteiger partial charge on any atom is 0.282 e. The zero-order chi connectivity index (χ0) is 33.3. The molecule has 1 aromatic carbocycles. The van der Waals surface area contributed by atoms with Gasteiger partial charge in [-0.2, -0.15) is 5.10 Å². The van der Waals surface area contributed by atoms with Gasteiger partial charge in [0.05, 0.1) is 29.8 Å². The van der Waals surface area contributed by atoms with Gasteiger partial charge in [0, 0.05) is 44.4 Å². The number of anilines is 1. The van der Waals surface area contributed by atoms with Crippen LogP contribution in [-0.2, 0) is 11.5 Å². The summed E-state index contributed by atoms with van der Waals surface area (Å²) in [5.74, 6) is 1.27. The number of hydrogen-bond acceptors (Lipinski definition) is 9. The molecule has 1 N–H and O–H groups in total. The summed E-state index contributed by atoms with van der Waals surface area (Å²) < 4.78 is 16.6. The van der Waals surface area contributed by atoms with E-state index in [9.17, 15) is 9.59 Å². The van der Waals surface area contributed by atoms with E-state index in [2.05, 4.69) is 39.9 Å². The summed E-state index contributed by atoms with van der Waals surface area (Å²) in [6.07, 6.45) is 7.61. The molecular weight excluding hydrogens is 613 g/mol. The van der Waals surface area contributed by atoms with E-state index in [1.165, 1.54) is 13.4 Å². The SMILES string of the molecule is COc1ncc(-c2cn(COCC[Si](C)(C)C)c3ncnc(NC(C)c4nn5ccc(C)c5c(=O)n4-c4ccccc4)c23)cc1C=O. The van der Waals surface area contributed by atoms with Crippen molar-refractivity contribution in [1.29, 1.82) is 0 Å². The van der Waals surface area contributed by atoms with Crippen molar-refractivity contribution in [2.75, 3.05) is 19.0 Å². The van der Waals surface area contributed by atoms with Crippen molar-refractivity contribution in [3.05, 3.63) is 94.7 Å². The summed E-state index contributed by atoms with van der Waals surface area (Å²) in [6, 6.07) is 13.6. The monoisotopic (exact) mass is 650 g/mol. The smallest absolute Gasteiger partial charge is 0.282 e. The van der Waals surface area contributed by atoms with Crippen LogP contribution in [0.1, 0.15) is 34.7 Å². The van der Waals surface area contributed by atoms with Crippen molar-refractivity contribution in [3.63, 3.8) is 0 Å². The lowest BCUT2D eigenvalue weighted by molar-refractivity contribution is 0.0899. The highest BCUT2D eigenvalue weighted by atomic mass is 28.3. The predicted molar refractivity (Wildman–Crippen MR) is 184 cm³/mol. The number of hydrogen-bond donors (Lipinski definition) is 1. The third-order valence-corrected chi connectivity index (χ3v) is 9.76. The molecule has 242 valence electrons. The van der Waals surface area contributed by atoms with E-state index < -0.39 is 14.1 Å². The minimum atomic E-state index is -1.28. The third-order valence-electron chi connectivity index (χ3n) is 8.06. The summed E-state index contributed by atoms with van der Waals surface area (Å²) in [7, 11) is 0.197. The fraction of sp³-hybridized carbons (Fsp3) is 0.294. The second kappa shape index (κ2) is 12.9. The lowest BCUT2D eigenvalue weighted by Gasteiger charge is -2.20. The molecule has 0 aliphatic carbocycles. The van der Waals surface area contributed by atoms with E-state index in [1.807, 2.05) is 61.0 Å². The molecule has 0 saturated carbocycles. The highest BCUT2D eigenvalue weighted by molar-refractivity contribution is 6.76. The van der Waals surface area contributed by atoms with Crippen LogP contribution in [0.25, 0.3) is 33.4 Å². The largest absolute Gasteiger partial charge is 0.480 e. The first-order chi connectivity index (χ1) is 22.6. The van der Waals surface area contributed by atoms with E-state index in [1.54, 1.807) is 27.5 Å². The van der Waals surface area contributed by atoms with Crippen molar-refractivity contribution < 1.29 is 14.3 Å². The van der Waals surface area contributed by atoms with Gasteiger partial charge in [-0.1, -0.05) is 37.8 Å². The number of fused-ring (bicyclic) bond motifs is 2. The van der Waals surface area contributed by atoms with E-state index in [0.29, 0.717) is 51.6 Å². The fourth-order valence-electron chi connectivity index (χ4n) is 5.57. The molecule has 0 aliphatic rings. The van der Waals surface area contributed by atoms with Crippen LogP contribution in [-0.4, -0.2) is 61.8 Å². The molecule has 0 fully saturated rings. The lowest BCUT2D eigenvalue weighted by Crippen LogP contribution is -2.29. The maximum absolute atomic E-state index is 13.9. The van der Waals surface area contributed by atoms with Crippen molar-refractivity contribution in [2.24, 2.45) is 0 Å². The van der Waals surface area contributed by atoms with Gasteiger partial charge in [-0.3, -0.25) is 14.2 Å². The fourth-order valence-corrected chi connectivity index (χ4v) is 6.33. The quantitative estimate of drug-likeness (QED) is 0.0976. The van der Waals surface area contributed by atoms with Gasteiger partial charge in [-0.15, -0.1) is 0 Å². The Labute approximate surface area is 273 Å². The van der Waals surface area contributed by atoms with Gasteiger partial charge < -0.3 is 19.4 Å². The number of aromatic nitrogens is 7. The molecule has 0 bridgehead atoms. The minimum absolute atomic E-state index is 0.168. The number of aldehydes is 1. The van der Waals surface area contributed by atoms with Crippen molar-refractivity contribution in [1.82, 2.24) is 33.7 Å². The normalized spacial score (nSPS) is 12.5. The Morgan fingerprint density at radius 1 is 1.09 bits per heavy atom. The number of carbonyl (C=O) groups excluding carboxylic acids is 1. The zero-order valence-electron chi connectivity index (χ0n) is 27.4. The summed E-state index contributed by atoms with van der Waals surface area (Å²) >= 11 is 0. The second-order valence-corrected chi connectivity index (χ2v) is 18.3. The summed E-state index contributed by atoms with van der Waals surface area (Å²) in [4.78, 5) is 39.5. The molecule has 0 radical (unpaired) electrons. The van der Waals surface area contributed by atoms with Gasteiger partial charge >= 0.3 is 0 Å². The molecule has 1 atom stereocenters. The van der Waals surface area contributed by atoms with E-state index in [-0.39, 0.29) is 18.2 Å². The number of benzene rings is 1. The molecular formula is C34H38N8O4Si. The summed E-state index contributed by atoms with van der Waals surface area (Å²) in [6.45, 7) is 11.7. The van der Waals surface area contributed by atoms with Crippen LogP contribution in [0.3, 0.4) is 0 Å². The van der Waals surface area contributed by atoms with Crippen LogP contribution in [0.5, 0.6) is 5.88 Å². The Balaban J connectivity index is 1.47. The number of nitrogens with one attached hydrogen (secondary N) is 1. The van der Waals surface area contributed by atoms with E-state index in [4.69, 9.17) is 14.6 Å². The van der Waals surface area contributed by atoms with Gasteiger partial charge in [0.1, 0.15) is 30.0 Å². The Hall–Kier alpha value is -5.14. The van der Waals surface area contributed by atoms with Crippen molar-refractivity contribution in [2.45, 2.75) is 52.3 Å². The van der Waals surface area contributed by atoms with Gasteiger partial charge in [0.2, 0.25) is 5.88 Å². The zero-order valence-corrected chi connectivity index (χ0v) is 28.4. The van der Waals surface area contributed by atoms with Crippen LogP contribution in [0.2, 0.25) is 25.7 Å². The highest BCUT2D eigenvalue weighted by Gasteiger charge is 2.23. The molecule has 6 aromatic rings. The summed E-state index contributed by atoms with van der Waals surface area (Å²) in [5.41, 5.74) is 4.31. The van der Waals surface area contributed by atoms with Crippen LogP contribution in [0, 0.1) is 6.92 Å². The van der Waals surface area contributed by atoms with Crippen LogP contribution >= 0.6 is 0 Å². The molecule has 47 heavy (non-hydrogen) atoms. The van der Waals surface area contributed by atoms with Gasteiger partial charge in [-0.05, 0) is 49.7 Å². The molecule has 0 spiro atoms. The van der Waals surface area contributed by atoms with E-state index >= 15 is 0 Å². The first-order valence-electron chi connectivity index (χ1n) is 15.4. The Morgan fingerprint density at radius 2 is 1.87 bits per heavy atom. The molecule has 13 heteroatoms. The number of nitrogens with zero attached hydrogens (tertiary/aromatic N) is 7. The topological polar surface area (TPSA) is 130 Å². The third kappa shape index (κ3) is 6.31. The summed E-state index contributed by atoms with van der Waals surface area (Å²) in [5, 5.41) is 9.13. The van der Waals surface area contributed by atoms with Gasteiger partial charge in [0.15, 0.2) is 12.1 Å². The Bertz CT molecular complexity index is 2130. The van der Waals surface area contributed by atoms with Gasteiger partial charge in [-0.25, -0.2) is 19.5 Å². The second-order valence-electron chi connectivity index (χ2n) is 12.7. The van der Waals surface area contributed by atoms with Crippen molar-refractivity contribution in [3.8, 4) is 22.7 Å². The molecule has 0 saturated heterocycles. The van der Waals surface area contributed by atoms with Crippen LogP contribution in [0.4, 0.5) is 5.82 Å². The van der Waals surface area contributed by atoms with Crippen LogP contribution < -0.4 is 15.6 Å². The average molecular weight is 651 g/mol. The predicted octanol–water partition coefficient (Wildman–Crippen LogP) is 5.91. The number of pyridine rings is 1. The molecule has 0 aliphatic heterocycles. The first kappa shape index (κ1) is 31.8. The first-order valence-corrected chi connectivity index (χ1v) is 19.1. The number of aryl methyl sites for hydroxylation is 1. The number of rotatable bonds is 12. The van der Waals surface area contributed by atoms with Crippen molar-refractivity contribution >= 4 is 36.7 Å². The molecule has 1 unspecified atom stereocenters. The minimum Gasteiger partial charge on any atom is -0.480 e. The molecule has 12 nitrogen and oxygen atoms in total. The maximum atomic E-state index is 13.9. The molecule has 0 amide bonds. The average Bonchev–Trinajstić information content (AvgIpc) is 3.63. The van der Waals surface area contributed by atoms with Gasteiger partial charge in [0.25, 0.3) is 5.56 Å². The van der Waals surface area contributed by atoms with Crippen LogP contribution in [0.15, 0.2) is 72.2 Å². The molecule has 5 heterocycles. The number of ether oxygens (including phenoxy) is 2. The Kier molecular flexibility index (Phi) is 8.75. The standard InChI is InChI=1S/C34H38N8O4Si/c1-22-12-13-41-29(22)34(44)42(26-10-8-7-9-11-26)31(39-41)23(2)38-30-28-27(24-16-25(19-43)33(45-3)35-17-24)18-40(32(28)37-20-36-30)21-46-14-15-47(4,5)6/h7-13,16-20,23H,14-15,21H2,1-6H3,(H,36,37,38). The lowest BCUT2D eigenvalue weighted by atomic mass is 10.1. The Morgan fingerprint density at radius 3 is 2.60 bits per heavy atom. The van der Waals surface area contributed by atoms with E-state index in [0.717, 1.165) is 23.5 Å². The number of carbonyl (C=O) groups is 1. The molecule has 5 aromatic heterocycles. The highest BCUT2D eigenvalue weighted by Crippen LogP contribution is 2.36.